The molecule has 2 heterocycles. The van der Waals surface area contributed by atoms with Gasteiger partial charge < -0.3 is 14.9 Å². The van der Waals surface area contributed by atoms with Gasteiger partial charge in [-0.25, -0.2) is 14.5 Å². The van der Waals surface area contributed by atoms with E-state index in [2.05, 4.69) is 29.5 Å². The van der Waals surface area contributed by atoms with Gasteiger partial charge in [-0.1, -0.05) is 130 Å². The van der Waals surface area contributed by atoms with Crippen LogP contribution in [0.4, 0.5) is 27.7 Å². The lowest BCUT2D eigenvalue weighted by Gasteiger charge is -2.26. The van der Waals surface area contributed by atoms with E-state index in [1.165, 1.54) is 105 Å². The molecule has 0 bridgehead atoms. The summed E-state index contributed by atoms with van der Waals surface area (Å²) in [4.78, 5) is 38.2. The van der Waals surface area contributed by atoms with Gasteiger partial charge in [0, 0.05) is 39.8 Å². The van der Waals surface area contributed by atoms with E-state index < -0.39 is 39.5 Å². The lowest BCUT2D eigenvalue weighted by molar-refractivity contribution is -0.384. The number of nitro benzene ring substituents is 1. The van der Waals surface area contributed by atoms with Crippen LogP contribution in [0.5, 0.6) is 17.5 Å². The number of aromatic hydroxyl groups is 2. The second-order valence-corrected chi connectivity index (χ2v) is 16.5. The first-order chi connectivity index (χ1) is 29.4. The van der Waals surface area contributed by atoms with Gasteiger partial charge in [-0.3, -0.25) is 25.3 Å². The molecule has 0 aliphatic heterocycles. The maximum Gasteiger partial charge on any atom is 0.417 e. The average molecular weight is 917 g/mol. The minimum Gasteiger partial charge on any atom is -0.493 e. The number of amides is 1. The van der Waals surface area contributed by atoms with Gasteiger partial charge in [-0.15, -0.1) is 11.6 Å². The topological polar surface area (TPSA) is 168 Å². The maximum atomic E-state index is 14.3. The monoisotopic (exact) mass is 914 g/mol. The van der Waals surface area contributed by atoms with E-state index in [0.29, 0.717) is 17.7 Å². The standard InChI is InChI=1S/C44H50Cl4N6O7/c1-2-3-4-5-6-7-8-9-10-11-12-13-14-16-19-31(45)26-30-27-38(55)53(42(30)56)52(34-20-17-15-18-21-34)41-40(61-44(58)49-33-22-24-35(25-23-33)54(59)60)43(57)51(50-41)39-36(47)28-32(46)29-37(39)48/h13-15,17-18,20-25,27-29,31,50,55-56H,2-12,16,19,26H2,1H3,(H,49,58). The first kappa shape index (κ1) is 47.0. The summed E-state index contributed by atoms with van der Waals surface area (Å²) in [7, 11) is 0. The molecule has 61 heavy (non-hydrogen) atoms. The van der Waals surface area contributed by atoms with Crippen molar-refractivity contribution < 1.29 is 24.7 Å². The zero-order valence-electron chi connectivity index (χ0n) is 33.8. The highest BCUT2D eigenvalue weighted by molar-refractivity contribution is 6.40. The van der Waals surface area contributed by atoms with Crippen LogP contribution in [0, 0.1) is 10.1 Å². The zero-order valence-corrected chi connectivity index (χ0v) is 36.8. The van der Waals surface area contributed by atoms with Crippen LogP contribution in [0.1, 0.15) is 96.0 Å². The van der Waals surface area contributed by atoms with Crippen LogP contribution in [0.25, 0.3) is 5.69 Å². The fraction of sp³-hybridized carbons (Fsp3) is 0.364. The van der Waals surface area contributed by atoms with Gasteiger partial charge in [0.2, 0.25) is 17.5 Å². The minimum absolute atomic E-state index is 0.0312. The molecule has 0 aliphatic carbocycles. The number of non-ortho nitro benzene ring substituents is 1. The lowest BCUT2D eigenvalue weighted by atomic mass is 10.1. The number of alkyl halides is 1. The molecule has 0 aliphatic rings. The van der Waals surface area contributed by atoms with Crippen LogP contribution in [0.15, 0.2) is 89.7 Å². The van der Waals surface area contributed by atoms with Gasteiger partial charge in [0.1, 0.15) is 5.69 Å². The highest BCUT2D eigenvalue weighted by Crippen LogP contribution is 2.40. The van der Waals surface area contributed by atoms with Crippen molar-refractivity contribution in [2.75, 3.05) is 10.3 Å². The maximum absolute atomic E-state index is 14.3. The Balaban J connectivity index is 1.37. The number of nitro groups is 1. The fourth-order valence-corrected chi connectivity index (χ4v) is 8.12. The van der Waals surface area contributed by atoms with Crippen molar-refractivity contribution in [3.8, 4) is 23.2 Å². The second-order valence-electron chi connectivity index (χ2n) is 14.6. The van der Waals surface area contributed by atoms with Gasteiger partial charge in [0.25, 0.3) is 5.69 Å². The Kier molecular flexibility index (Phi) is 17.9. The smallest absolute Gasteiger partial charge is 0.417 e. The van der Waals surface area contributed by atoms with E-state index in [0.717, 1.165) is 28.6 Å². The highest BCUT2D eigenvalue weighted by atomic mass is 35.5. The van der Waals surface area contributed by atoms with Crippen molar-refractivity contribution in [1.29, 1.82) is 0 Å². The Morgan fingerprint density at radius 1 is 0.902 bits per heavy atom. The second kappa shape index (κ2) is 23.2. The van der Waals surface area contributed by atoms with Crippen molar-refractivity contribution in [3.05, 3.63) is 126 Å². The number of benzene rings is 3. The molecule has 0 spiro atoms. The van der Waals surface area contributed by atoms with Crippen molar-refractivity contribution in [2.45, 2.75) is 102 Å². The number of rotatable bonds is 23. The molecule has 3 aromatic carbocycles. The van der Waals surface area contributed by atoms with Crippen molar-refractivity contribution in [3.63, 3.8) is 0 Å². The fourth-order valence-electron chi connectivity index (χ4n) is 6.84. The molecule has 13 nitrogen and oxygen atoms in total. The normalized spacial score (nSPS) is 11.9. The largest absolute Gasteiger partial charge is 0.493 e. The summed E-state index contributed by atoms with van der Waals surface area (Å²) in [6.07, 6.45) is 18.6. The number of carbonyl (C=O) groups is 1. The number of nitrogens with one attached hydrogen (secondary N) is 2. The number of carbonyl (C=O) groups excluding carboxylic acids is 1. The number of nitrogens with zero attached hydrogens (tertiary/aromatic N) is 4. The first-order valence-electron chi connectivity index (χ1n) is 20.4. The van der Waals surface area contributed by atoms with Crippen LogP contribution in [-0.4, -0.2) is 41.1 Å². The number of hydrogen-bond donors (Lipinski definition) is 4. The Labute approximate surface area is 374 Å². The predicted molar refractivity (Wildman–Crippen MR) is 244 cm³/mol. The predicted octanol–water partition coefficient (Wildman–Crippen LogP) is 13.3. The SMILES string of the molecule is CCCCCCCCCCCCC=CCCC(Cl)Cc1cc(O)n(N(c2ccccc2)c2[nH]n(-c3c(Cl)cc(Cl)cc3Cl)c(=O)c2OC(=O)Nc2ccc([N+](=O)[O-])cc2)c1O. The van der Waals surface area contributed by atoms with Crippen molar-refractivity contribution in [2.24, 2.45) is 0 Å². The molecule has 5 aromatic rings. The lowest BCUT2D eigenvalue weighted by Crippen LogP contribution is -2.26. The number of anilines is 3. The average Bonchev–Trinajstić information content (AvgIpc) is 3.67. The van der Waals surface area contributed by atoms with E-state index in [1.807, 2.05) is 0 Å². The molecule has 1 atom stereocenters. The van der Waals surface area contributed by atoms with E-state index in [9.17, 15) is 29.9 Å². The number of aromatic amines is 1. The Morgan fingerprint density at radius 2 is 1.51 bits per heavy atom. The summed E-state index contributed by atoms with van der Waals surface area (Å²) in [6, 6.07) is 17.4. The molecule has 17 heteroatoms. The van der Waals surface area contributed by atoms with Gasteiger partial charge in [-0.2, -0.15) is 4.68 Å². The zero-order chi connectivity index (χ0) is 43.9. The van der Waals surface area contributed by atoms with Crippen LogP contribution in [0.2, 0.25) is 15.1 Å². The number of ether oxygens (including phenoxy) is 1. The van der Waals surface area contributed by atoms with E-state index in [4.69, 9.17) is 51.1 Å². The number of hydrogen-bond acceptors (Lipinski definition) is 8. The molecular formula is C44H50Cl4N6O7. The molecular weight excluding hydrogens is 866 g/mol. The number of halogens is 4. The number of aromatic nitrogens is 3. The number of H-pyrrole nitrogens is 1. The highest BCUT2D eigenvalue weighted by Gasteiger charge is 2.32. The molecule has 0 fully saturated rings. The molecule has 2 aromatic heterocycles. The van der Waals surface area contributed by atoms with Gasteiger partial charge >= 0.3 is 11.7 Å². The molecule has 5 rings (SSSR count). The number of para-hydroxylation sites is 1. The molecule has 326 valence electrons. The number of unbranched alkanes of at least 4 members (excludes halogenated alkanes) is 10. The summed E-state index contributed by atoms with van der Waals surface area (Å²) in [6.45, 7) is 2.24. The summed E-state index contributed by atoms with van der Waals surface area (Å²) < 4.78 is 7.61. The Morgan fingerprint density at radius 3 is 2.13 bits per heavy atom. The first-order valence-corrected chi connectivity index (χ1v) is 22.0. The van der Waals surface area contributed by atoms with Crippen LogP contribution in [0.3, 0.4) is 0 Å². The summed E-state index contributed by atoms with van der Waals surface area (Å²) in [5.41, 5.74) is -0.453. The van der Waals surface area contributed by atoms with E-state index in [-0.39, 0.29) is 44.4 Å². The van der Waals surface area contributed by atoms with E-state index in [1.54, 1.807) is 30.3 Å². The third-order valence-electron chi connectivity index (χ3n) is 9.95. The summed E-state index contributed by atoms with van der Waals surface area (Å²) >= 11 is 26.0. The summed E-state index contributed by atoms with van der Waals surface area (Å²) in [5.74, 6) is -1.70. The molecule has 0 saturated heterocycles. The molecule has 0 radical (unpaired) electrons. The molecule has 0 saturated carbocycles. The van der Waals surface area contributed by atoms with Crippen molar-refractivity contribution in [1.82, 2.24) is 14.5 Å². The third-order valence-corrected chi connectivity index (χ3v) is 11.1. The van der Waals surface area contributed by atoms with Crippen LogP contribution in [-0.2, 0) is 6.42 Å². The van der Waals surface area contributed by atoms with Crippen molar-refractivity contribution >= 4 is 75.4 Å². The molecule has 1 amide bonds. The molecule has 4 N–H and O–H groups in total. The minimum atomic E-state index is -1.15. The van der Waals surface area contributed by atoms with Crippen LogP contribution >= 0.6 is 46.4 Å². The van der Waals surface area contributed by atoms with Gasteiger partial charge in [0.15, 0.2) is 5.82 Å². The Hall–Kier alpha value is -5.08. The quantitative estimate of drug-likeness (QED) is 0.0165. The van der Waals surface area contributed by atoms with Crippen LogP contribution < -0.4 is 20.6 Å². The van der Waals surface area contributed by atoms with Gasteiger partial charge in [0.05, 0.1) is 20.7 Å². The molecule has 1 unspecified atom stereocenters. The number of allylic oxidation sites excluding steroid dienone is 2. The van der Waals surface area contributed by atoms with Gasteiger partial charge in [-0.05, 0) is 68.5 Å². The summed E-state index contributed by atoms with van der Waals surface area (Å²) in [5, 5.41) is 40.6. The third kappa shape index (κ3) is 13.0. The Bertz CT molecular complexity index is 2290. The van der Waals surface area contributed by atoms with E-state index >= 15 is 0 Å².